The molecule has 19 nitrogen and oxygen atoms in total. The average molecular weight is 894 g/mol. The van der Waals surface area contributed by atoms with Gasteiger partial charge in [-0.1, -0.05) is 86.4 Å². The van der Waals surface area contributed by atoms with Crippen LogP contribution >= 0.6 is 9.39 Å². The van der Waals surface area contributed by atoms with Crippen LogP contribution in [0.2, 0.25) is 0 Å². The van der Waals surface area contributed by atoms with Crippen molar-refractivity contribution in [3.8, 4) is 0 Å². The predicted octanol–water partition coefficient (Wildman–Crippen LogP) is 3.08. The molecule has 0 rings (SSSR count). The van der Waals surface area contributed by atoms with E-state index in [4.69, 9.17) is 29.2 Å². The van der Waals surface area contributed by atoms with Crippen molar-refractivity contribution in [2.45, 2.75) is 147 Å². The molecular weight excluding hydrogens is 817 g/mol. The largest absolute Gasteiger partial charge is 0.481 e. The molecule has 0 aliphatic heterocycles. The molecule has 61 heavy (non-hydrogen) atoms. The predicted molar refractivity (Wildman–Crippen MR) is 231 cm³/mol. The zero-order chi connectivity index (χ0) is 45.2. The van der Waals surface area contributed by atoms with Gasteiger partial charge in [0.1, 0.15) is 25.3 Å². The van der Waals surface area contributed by atoms with Crippen LogP contribution in [0.4, 0.5) is 0 Å². The summed E-state index contributed by atoms with van der Waals surface area (Å²) in [4.78, 5) is 81.3. The maximum atomic E-state index is 12.3. The minimum atomic E-state index is -1.19. The van der Waals surface area contributed by atoms with Crippen LogP contribution in [0.15, 0.2) is 0 Å². The second-order valence-electron chi connectivity index (χ2n) is 14.8. The molecule has 0 bridgehead atoms. The Bertz CT molecular complexity index is 1200. The van der Waals surface area contributed by atoms with Crippen LogP contribution in [0.5, 0.6) is 0 Å². The van der Waals surface area contributed by atoms with Crippen LogP contribution in [0, 0.1) is 0 Å². The standard InChI is InChI=1S/C41H76N5O14P/c47-35(21-20-33(40(53)54)45-36(48)18-13-11-9-7-5-3-1-2-4-6-8-10-12-14-19-39(51)52)43-23-25-57-27-30-60-32-38(50)44-24-26-58-28-29-59-31-37(49)42-22-16-15-17-34(46-61)41(55)56/h33-34,46H,1-32,61H2,(H,42,49)(H,43,47)(H,44,50)(H,45,48)(H,51,52)(H,53,54)(H,55,56). The van der Waals surface area contributed by atoms with Crippen LogP contribution in [0.3, 0.4) is 0 Å². The zero-order valence-electron chi connectivity index (χ0n) is 36.2. The van der Waals surface area contributed by atoms with E-state index in [1.165, 1.54) is 38.5 Å². The number of hydrogen-bond donors (Lipinski definition) is 8. The van der Waals surface area contributed by atoms with Gasteiger partial charge in [-0.3, -0.25) is 33.9 Å². The van der Waals surface area contributed by atoms with Gasteiger partial charge in [0.05, 0.1) is 39.6 Å². The number of amides is 4. The summed E-state index contributed by atoms with van der Waals surface area (Å²) in [5, 5.41) is 40.3. The third-order valence-electron chi connectivity index (χ3n) is 9.43. The maximum absolute atomic E-state index is 12.3. The molecule has 0 saturated carbocycles. The van der Waals surface area contributed by atoms with E-state index in [0.717, 1.165) is 44.9 Å². The third kappa shape index (κ3) is 40.4. The first-order chi connectivity index (χ1) is 29.5. The van der Waals surface area contributed by atoms with E-state index in [9.17, 15) is 38.7 Å². The minimum absolute atomic E-state index is 0.0309. The van der Waals surface area contributed by atoms with Crippen LogP contribution in [-0.4, -0.2) is 141 Å². The Morgan fingerprint density at radius 3 is 1.30 bits per heavy atom. The summed E-state index contributed by atoms with van der Waals surface area (Å²) in [6, 6.07) is -1.78. The summed E-state index contributed by atoms with van der Waals surface area (Å²) in [7, 11) is 2.19. The molecule has 0 saturated heterocycles. The topological polar surface area (TPSA) is 277 Å². The summed E-state index contributed by atoms with van der Waals surface area (Å²) < 4.78 is 21.3. The van der Waals surface area contributed by atoms with Gasteiger partial charge in [-0.15, -0.1) is 0 Å². The van der Waals surface area contributed by atoms with Gasteiger partial charge in [0.15, 0.2) is 0 Å². The van der Waals surface area contributed by atoms with Crippen molar-refractivity contribution in [2.24, 2.45) is 0 Å². The molecule has 0 radical (unpaired) electrons. The van der Waals surface area contributed by atoms with Gasteiger partial charge < -0.3 is 55.5 Å². The van der Waals surface area contributed by atoms with E-state index in [1.807, 2.05) is 0 Å². The third-order valence-corrected chi connectivity index (χ3v) is 9.83. The summed E-state index contributed by atoms with van der Waals surface area (Å²) in [5.74, 6) is -4.12. The number of carbonyl (C=O) groups is 7. The van der Waals surface area contributed by atoms with E-state index < -0.39 is 30.0 Å². The molecule has 354 valence electrons. The van der Waals surface area contributed by atoms with Crippen LogP contribution < -0.4 is 26.4 Å². The first-order valence-corrected chi connectivity index (χ1v) is 22.6. The second-order valence-corrected chi connectivity index (χ2v) is 15.1. The van der Waals surface area contributed by atoms with E-state index in [2.05, 4.69) is 35.7 Å². The molecule has 0 fully saturated rings. The Kier molecular flexibility index (Phi) is 39.5. The Hall–Kier alpha value is -3.48. The smallest absolute Gasteiger partial charge is 0.326 e. The molecule has 0 aromatic carbocycles. The lowest BCUT2D eigenvalue weighted by Crippen LogP contribution is -2.41. The van der Waals surface area contributed by atoms with Crippen molar-refractivity contribution >= 4 is 50.9 Å². The Morgan fingerprint density at radius 1 is 0.410 bits per heavy atom. The average Bonchev–Trinajstić information content (AvgIpc) is 3.22. The Morgan fingerprint density at radius 2 is 0.836 bits per heavy atom. The number of unbranched alkanes of at least 4 members (excludes halogenated alkanes) is 14. The molecule has 0 heterocycles. The number of carbonyl (C=O) groups excluding carboxylic acids is 4. The van der Waals surface area contributed by atoms with Gasteiger partial charge in [-0.2, -0.15) is 0 Å². The number of hydrogen-bond acceptors (Lipinski definition) is 12. The molecule has 0 aromatic rings. The lowest BCUT2D eigenvalue weighted by Gasteiger charge is -2.14. The van der Waals surface area contributed by atoms with Gasteiger partial charge in [0, 0.05) is 38.9 Å². The highest BCUT2D eigenvalue weighted by atomic mass is 31.0. The van der Waals surface area contributed by atoms with E-state index >= 15 is 0 Å². The van der Waals surface area contributed by atoms with Gasteiger partial charge in [0.2, 0.25) is 23.6 Å². The fourth-order valence-corrected chi connectivity index (χ4v) is 6.26. The SMILES string of the molecule is O=C(O)CCCCCCCCCCCCCCCCC(=O)NC(CCC(=O)NCCOCCOCC(=O)NCCOCCOCC(=O)NCCCCC(NP)C(=O)O)C(=O)O. The number of nitrogens with one attached hydrogen (secondary N) is 5. The van der Waals surface area contributed by atoms with Crippen molar-refractivity contribution < 1.29 is 67.8 Å². The second kappa shape index (κ2) is 41.9. The van der Waals surface area contributed by atoms with E-state index in [-0.39, 0.29) is 115 Å². The monoisotopic (exact) mass is 894 g/mol. The summed E-state index contributed by atoms with van der Waals surface area (Å²) >= 11 is 0. The highest BCUT2D eigenvalue weighted by molar-refractivity contribution is 7.13. The molecule has 20 heteroatoms. The molecule has 0 aliphatic carbocycles. The van der Waals surface area contributed by atoms with Crippen LogP contribution in [0.25, 0.3) is 0 Å². The van der Waals surface area contributed by atoms with Crippen molar-refractivity contribution in [2.75, 3.05) is 72.5 Å². The lowest BCUT2D eigenvalue weighted by molar-refractivity contribution is -0.142. The minimum Gasteiger partial charge on any atom is -0.481 e. The fraction of sp³-hybridized carbons (Fsp3) is 0.829. The lowest BCUT2D eigenvalue weighted by atomic mass is 10.0. The summed E-state index contributed by atoms with van der Waals surface area (Å²) in [6.45, 7) is 1.84. The highest BCUT2D eigenvalue weighted by Gasteiger charge is 2.21. The molecule has 4 amide bonds. The Balaban J connectivity index is 3.65. The first kappa shape index (κ1) is 57.5. The number of carboxylic acid groups (broad SMARTS) is 3. The van der Waals surface area contributed by atoms with E-state index in [1.54, 1.807) is 0 Å². The first-order valence-electron chi connectivity index (χ1n) is 22.0. The Labute approximate surface area is 363 Å². The quantitative estimate of drug-likeness (QED) is 0.0322. The number of rotatable bonds is 45. The van der Waals surface area contributed by atoms with Gasteiger partial charge in [-0.05, 0) is 38.5 Å². The molecule has 0 aliphatic rings. The fourth-order valence-electron chi connectivity index (χ4n) is 5.95. The van der Waals surface area contributed by atoms with Gasteiger partial charge in [0.25, 0.3) is 0 Å². The summed E-state index contributed by atoms with van der Waals surface area (Å²) in [5.41, 5.74) is 0. The molecule has 3 unspecified atom stereocenters. The normalized spacial score (nSPS) is 12.0. The highest BCUT2D eigenvalue weighted by Crippen LogP contribution is 2.14. The molecule has 3 atom stereocenters. The van der Waals surface area contributed by atoms with Crippen LogP contribution in [0.1, 0.15) is 135 Å². The van der Waals surface area contributed by atoms with Gasteiger partial charge >= 0.3 is 17.9 Å². The van der Waals surface area contributed by atoms with Crippen LogP contribution in [-0.2, 0) is 52.5 Å². The molecule has 0 aromatic heterocycles. The zero-order valence-corrected chi connectivity index (χ0v) is 37.3. The van der Waals surface area contributed by atoms with Crippen molar-refractivity contribution in [1.29, 1.82) is 0 Å². The molecular formula is C41H76N5O14P. The molecule has 8 N–H and O–H groups in total. The maximum Gasteiger partial charge on any atom is 0.326 e. The van der Waals surface area contributed by atoms with Crippen molar-refractivity contribution in [3.63, 3.8) is 0 Å². The number of aliphatic carboxylic acids is 3. The molecule has 0 spiro atoms. The van der Waals surface area contributed by atoms with Crippen molar-refractivity contribution in [1.82, 2.24) is 26.4 Å². The van der Waals surface area contributed by atoms with E-state index in [0.29, 0.717) is 32.2 Å². The number of carboxylic acids is 3. The van der Waals surface area contributed by atoms with Crippen molar-refractivity contribution in [3.05, 3.63) is 0 Å². The number of ether oxygens (including phenoxy) is 4. The summed E-state index contributed by atoms with van der Waals surface area (Å²) in [6.07, 6.45) is 17.2. The van der Waals surface area contributed by atoms with Gasteiger partial charge in [-0.25, -0.2) is 4.79 Å².